The third kappa shape index (κ3) is 4.18. The van der Waals surface area contributed by atoms with Crippen LogP contribution in [-0.4, -0.2) is 24.2 Å². The molecule has 3 rings (SSSR count). The van der Waals surface area contributed by atoms with Crippen LogP contribution in [-0.2, 0) is 4.79 Å². The number of amides is 1. The highest BCUT2D eigenvalue weighted by molar-refractivity contribution is 6.40. The van der Waals surface area contributed by atoms with Crippen molar-refractivity contribution < 1.29 is 4.79 Å². The molecule has 1 saturated carbocycles. The highest BCUT2D eigenvalue weighted by Crippen LogP contribution is 2.30. The van der Waals surface area contributed by atoms with Crippen LogP contribution in [0.1, 0.15) is 44.9 Å². The fourth-order valence-corrected chi connectivity index (χ4v) is 3.68. The fourth-order valence-electron chi connectivity index (χ4n) is 3.17. The van der Waals surface area contributed by atoms with Gasteiger partial charge in [-0.15, -0.1) is 0 Å². The smallest absolute Gasteiger partial charge is 0.267 e. The zero-order chi connectivity index (χ0) is 16.2. The first-order valence-corrected chi connectivity index (χ1v) is 9.00. The van der Waals surface area contributed by atoms with Crippen molar-refractivity contribution in [2.45, 2.75) is 51.0 Å². The molecule has 0 unspecified atom stereocenters. The molecule has 1 aliphatic heterocycles. The van der Waals surface area contributed by atoms with Crippen molar-refractivity contribution >= 4 is 40.5 Å². The third-order valence-corrected chi connectivity index (χ3v) is 4.98. The van der Waals surface area contributed by atoms with Crippen molar-refractivity contribution in [1.82, 2.24) is 5.32 Å². The molecular weight excluding hydrogens is 333 g/mol. The zero-order valence-corrected chi connectivity index (χ0v) is 14.5. The lowest BCUT2D eigenvalue weighted by atomic mass is 10.1. The zero-order valence-electron chi connectivity index (χ0n) is 13.0. The number of benzene rings is 1. The van der Waals surface area contributed by atoms with Crippen molar-refractivity contribution in [2.75, 3.05) is 11.6 Å². The maximum atomic E-state index is 12.4. The number of carbonyl (C=O) groups is 1. The summed E-state index contributed by atoms with van der Waals surface area (Å²) in [6.07, 6.45) is 7.73. The standard InChI is InChI=1S/C17H21Cl2N3O/c18-12-7-8-16(14(19)11-12)22-10-9-15(21-22)17(23)20-13-5-3-1-2-4-6-13/h7-8,11,13H,1-6,9-10H2,(H,20,23). The molecule has 6 heteroatoms. The first kappa shape index (κ1) is 16.6. The molecule has 0 radical (unpaired) electrons. The van der Waals surface area contributed by atoms with Crippen LogP contribution in [0.3, 0.4) is 0 Å². The van der Waals surface area contributed by atoms with Gasteiger partial charge in [-0.1, -0.05) is 48.9 Å². The molecule has 0 saturated heterocycles. The Kier molecular flexibility index (Phi) is 5.44. The summed E-state index contributed by atoms with van der Waals surface area (Å²) in [6, 6.07) is 5.60. The van der Waals surface area contributed by atoms with Crippen molar-refractivity contribution in [3.8, 4) is 0 Å². The van der Waals surface area contributed by atoms with Crippen LogP contribution in [0, 0.1) is 0 Å². The van der Waals surface area contributed by atoms with Gasteiger partial charge >= 0.3 is 0 Å². The predicted molar refractivity (Wildman–Crippen MR) is 95.5 cm³/mol. The van der Waals surface area contributed by atoms with Gasteiger partial charge in [-0.05, 0) is 31.0 Å². The van der Waals surface area contributed by atoms with Crippen molar-refractivity contribution in [2.24, 2.45) is 5.10 Å². The van der Waals surface area contributed by atoms with Crippen molar-refractivity contribution in [3.63, 3.8) is 0 Å². The summed E-state index contributed by atoms with van der Waals surface area (Å²) >= 11 is 12.1. The molecular formula is C17H21Cl2N3O. The maximum absolute atomic E-state index is 12.4. The summed E-state index contributed by atoms with van der Waals surface area (Å²) in [5, 5.41) is 10.5. The number of anilines is 1. The summed E-state index contributed by atoms with van der Waals surface area (Å²) in [4.78, 5) is 12.4. The first-order chi connectivity index (χ1) is 11.1. The molecule has 1 aromatic rings. The van der Waals surface area contributed by atoms with Gasteiger partial charge in [0.1, 0.15) is 5.71 Å². The van der Waals surface area contributed by atoms with E-state index < -0.39 is 0 Å². The van der Waals surface area contributed by atoms with Crippen molar-refractivity contribution in [3.05, 3.63) is 28.2 Å². The molecule has 2 aliphatic rings. The number of hydrogen-bond acceptors (Lipinski definition) is 3. The van der Waals surface area contributed by atoms with E-state index in [2.05, 4.69) is 10.4 Å². The lowest BCUT2D eigenvalue weighted by molar-refractivity contribution is -0.115. The number of nitrogens with zero attached hydrogens (tertiary/aromatic N) is 2. The second-order valence-corrected chi connectivity index (χ2v) is 7.02. The minimum atomic E-state index is -0.0375. The number of hydrogen-bond donors (Lipinski definition) is 1. The van der Waals surface area contributed by atoms with E-state index in [1.807, 2.05) is 6.07 Å². The van der Waals surface area contributed by atoms with Gasteiger partial charge in [0.15, 0.2) is 0 Å². The van der Waals surface area contributed by atoms with E-state index in [9.17, 15) is 4.79 Å². The average Bonchev–Trinajstić information content (AvgIpc) is 2.86. The van der Waals surface area contributed by atoms with Gasteiger partial charge in [0, 0.05) is 24.0 Å². The van der Waals surface area contributed by atoms with Crippen LogP contribution < -0.4 is 10.3 Å². The van der Waals surface area contributed by atoms with E-state index in [0.717, 1.165) is 18.5 Å². The molecule has 124 valence electrons. The Morgan fingerprint density at radius 3 is 2.61 bits per heavy atom. The second-order valence-electron chi connectivity index (χ2n) is 6.18. The van der Waals surface area contributed by atoms with Crippen molar-refractivity contribution in [1.29, 1.82) is 0 Å². The average molecular weight is 354 g/mol. The van der Waals surface area contributed by atoms with Gasteiger partial charge < -0.3 is 5.32 Å². The maximum Gasteiger partial charge on any atom is 0.267 e. The molecule has 1 heterocycles. The Balaban J connectivity index is 1.65. The summed E-state index contributed by atoms with van der Waals surface area (Å²) in [6.45, 7) is 0.661. The SMILES string of the molecule is O=C(NC1CCCCCC1)C1=NN(c2ccc(Cl)cc2Cl)CC1. The van der Waals surface area contributed by atoms with Crippen LogP contribution in [0.15, 0.2) is 23.3 Å². The third-order valence-electron chi connectivity index (χ3n) is 4.44. The van der Waals surface area contributed by atoms with E-state index in [0.29, 0.717) is 34.8 Å². The normalized spacial score (nSPS) is 19.4. The molecule has 1 aromatic carbocycles. The van der Waals surface area contributed by atoms with E-state index in [4.69, 9.17) is 23.2 Å². The summed E-state index contributed by atoms with van der Waals surface area (Å²) < 4.78 is 0. The van der Waals surface area contributed by atoms with Gasteiger partial charge in [0.05, 0.1) is 10.7 Å². The Morgan fingerprint density at radius 1 is 1.17 bits per heavy atom. The number of halogens is 2. The number of carbonyl (C=O) groups excluding carboxylic acids is 1. The van der Waals surface area contributed by atoms with Gasteiger partial charge in [-0.2, -0.15) is 5.10 Å². The van der Waals surface area contributed by atoms with E-state index in [1.54, 1.807) is 17.1 Å². The van der Waals surface area contributed by atoms with E-state index >= 15 is 0 Å². The molecule has 0 atom stereocenters. The predicted octanol–water partition coefficient (Wildman–Crippen LogP) is 4.40. The Morgan fingerprint density at radius 2 is 1.91 bits per heavy atom. The molecule has 1 amide bonds. The van der Waals surface area contributed by atoms with Crippen LogP contribution >= 0.6 is 23.2 Å². The monoisotopic (exact) mass is 353 g/mol. The molecule has 4 nitrogen and oxygen atoms in total. The lowest BCUT2D eigenvalue weighted by Crippen LogP contribution is -2.38. The number of rotatable bonds is 3. The lowest BCUT2D eigenvalue weighted by Gasteiger charge is -2.16. The second kappa shape index (κ2) is 7.54. The van der Waals surface area contributed by atoms with Crippen LogP contribution in [0.25, 0.3) is 0 Å². The van der Waals surface area contributed by atoms with Gasteiger partial charge in [-0.3, -0.25) is 9.80 Å². The van der Waals surface area contributed by atoms with Gasteiger partial charge in [0.2, 0.25) is 0 Å². The summed E-state index contributed by atoms with van der Waals surface area (Å²) in [7, 11) is 0. The molecule has 1 aliphatic carbocycles. The minimum Gasteiger partial charge on any atom is -0.348 e. The van der Waals surface area contributed by atoms with E-state index in [-0.39, 0.29) is 5.91 Å². The molecule has 23 heavy (non-hydrogen) atoms. The minimum absolute atomic E-state index is 0.0375. The topological polar surface area (TPSA) is 44.7 Å². The molecule has 0 spiro atoms. The quantitative estimate of drug-likeness (QED) is 0.818. The Bertz CT molecular complexity index is 610. The number of nitrogens with one attached hydrogen (secondary N) is 1. The molecule has 1 fully saturated rings. The Labute approximate surface area is 146 Å². The van der Waals surface area contributed by atoms with Crippen LogP contribution in [0.4, 0.5) is 5.69 Å². The first-order valence-electron chi connectivity index (χ1n) is 8.24. The molecule has 0 bridgehead atoms. The summed E-state index contributed by atoms with van der Waals surface area (Å²) in [5.41, 5.74) is 1.37. The van der Waals surface area contributed by atoms with Crippen LogP contribution in [0.2, 0.25) is 10.0 Å². The molecule has 1 N–H and O–H groups in total. The van der Waals surface area contributed by atoms with Gasteiger partial charge in [-0.25, -0.2) is 0 Å². The Hall–Kier alpha value is -1.26. The number of hydrazone groups is 1. The fraction of sp³-hybridized carbons (Fsp3) is 0.529. The highest BCUT2D eigenvalue weighted by atomic mass is 35.5. The molecule has 0 aromatic heterocycles. The van der Waals surface area contributed by atoms with Gasteiger partial charge in [0.25, 0.3) is 5.91 Å². The highest BCUT2D eigenvalue weighted by Gasteiger charge is 2.25. The van der Waals surface area contributed by atoms with Crippen LogP contribution in [0.5, 0.6) is 0 Å². The summed E-state index contributed by atoms with van der Waals surface area (Å²) in [5.74, 6) is -0.0375. The largest absolute Gasteiger partial charge is 0.348 e. The van der Waals surface area contributed by atoms with E-state index in [1.165, 1.54) is 25.7 Å².